The second-order valence-electron chi connectivity index (χ2n) is 9.00. The van der Waals surface area contributed by atoms with Gasteiger partial charge in [0.2, 0.25) is 0 Å². The van der Waals surface area contributed by atoms with Crippen molar-refractivity contribution in [2.75, 3.05) is 25.0 Å². The molecule has 0 spiro atoms. The van der Waals surface area contributed by atoms with Crippen molar-refractivity contribution in [3.8, 4) is 0 Å². The number of amides is 2. The predicted octanol–water partition coefficient (Wildman–Crippen LogP) is 2.94. The normalized spacial score (nSPS) is 20.9. The largest absolute Gasteiger partial charge is 0.352 e. The van der Waals surface area contributed by atoms with Crippen LogP contribution in [0.4, 0.5) is 5.69 Å². The number of hydrogen-bond donors (Lipinski definition) is 2. The topological polar surface area (TPSA) is 83.4 Å². The fraction of sp³-hybridized carbons (Fsp3) is 0.480. The molecule has 4 rings (SSSR count). The fourth-order valence-corrected chi connectivity index (χ4v) is 4.98. The molecule has 2 aromatic rings. The summed E-state index contributed by atoms with van der Waals surface area (Å²) in [6.45, 7) is 4.85. The van der Waals surface area contributed by atoms with Crippen LogP contribution in [0.2, 0.25) is 0 Å². The molecule has 1 aromatic carbocycles. The Labute approximate surface area is 188 Å². The highest BCUT2D eigenvalue weighted by Gasteiger charge is 2.33. The van der Waals surface area contributed by atoms with Crippen molar-refractivity contribution < 1.29 is 9.59 Å². The Morgan fingerprint density at radius 3 is 2.69 bits per heavy atom. The maximum absolute atomic E-state index is 12.8. The summed E-state index contributed by atoms with van der Waals surface area (Å²) in [6, 6.07) is 10.7. The summed E-state index contributed by atoms with van der Waals surface area (Å²) in [5.74, 6) is -0.128. The first-order valence-electron chi connectivity index (χ1n) is 11.5. The number of piperidine rings is 2. The van der Waals surface area contributed by atoms with E-state index in [1.165, 1.54) is 49.4 Å². The SMILES string of the molecule is Cc1ccc(C(=O)Nc2cccc(C(=O)NC[C@@H]3CCCN4CCCC[C@H]34)c2)c(=O)n1C. The molecule has 1 aromatic heterocycles. The van der Waals surface area contributed by atoms with Crippen molar-refractivity contribution in [3.63, 3.8) is 0 Å². The van der Waals surface area contributed by atoms with Gasteiger partial charge in [0.15, 0.2) is 0 Å². The minimum atomic E-state index is -0.484. The van der Waals surface area contributed by atoms with Crippen molar-refractivity contribution >= 4 is 17.5 Å². The summed E-state index contributed by atoms with van der Waals surface area (Å²) in [4.78, 5) is 40.4. The van der Waals surface area contributed by atoms with E-state index in [1.54, 1.807) is 37.4 Å². The van der Waals surface area contributed by atoms with E-state index in [1.807, 2.05) is 6.92 Å². The third-order valence-corrected chi connectivity index (χ3v) is 6.94. The van der Waals surface area contributed by atoms with E-state index >= 15 is 0 Å². The number of anilines is 1. The Bertz CT molecular complexity index is 1060. The Hall–Kier alpha value is -2.93. The van der Waals surface area contributed by atoms with Gasteiger partial charge in [0, 0.05) is 36.6 Å². The minimum Gasteiger partial charge on any atom is -0.352 e. The highest BCUT2D eigenvalue weighted by Crippen LogP contribution is 2.30. The zero-order valence-electron chi connectivity index (χ0n) is 18.9. The van der Waals surface area contributed by atoms with Gasteiger partial charge in [-0.05, 0) is 81.9 Å². The summed E-state index contributed by atoms with van der Waals surface area (Å²) in [5, 5.41) is 5.85. The van der Waals surface area contributed by atoms with E-state index in [9.17, 15) is 14.4 Å². The predicted molar refractivity (Wildman–Crippen MR) is 125 cm³/mol. The number of carbonyl (C=O) groups excluding carboxylic acids is 2. The average molecular weight is 437 g/mol. The van der Waals surface area contributed by atoms with E-state index in [4.69, 9.17) is 0 Å². The maximum atomic E-state index is 12.8. The molecule has 7 nitrogen and oxygen atoms in total. The highest BCUT2D eigenvalue weighted by atomic mass is 16.2. The van der Waals surface area contributed by atoms with Gasteiger partial charge in [0.05, 0.1) is 0 Å². The van der Waals surface area contributed by atoms with Crippen LogP contribution in [-0.2, 0) is 7.05 Å². The van der Waals surface area contributed by atoms with Crippen LogP contribution in [0.15, 0.2) is 41.2 Å². The van der Waals surface area contributed by atoms with Crippen LogP contribution in [-0.4, -0.2) is 47.0 Å². The van der Waals surface area contributed by atoms with Crippen LogP contribution in [0.25, 0.3) is 0 Å². The van der Waals surface area contributed by atoms with Crippen LogP contribution < -0.4 is 16.2 Å². The quantitative estimate of drug-likeness (QED) is 0.755. The molecule has 2 amide bonds. The molecule has 2 aliphatic heterocycles. The van der Waals surface area contributed by atoms with Gasteiger partial charge in [0.25, 0.3) is 17.4 Å². The average Bonchev–Trinajstić information content (AvgIpc) is 2.81. The summed E-state index contributed by atoms with van der Waals surface area (Å²) >= 11 is 0. The number of nitrogens with zero attached hydrogens (tertiary/aromatic N) is 2. The van der Waals surface area contributed by atoms with Crippen molar-refractivity contribution in [3.05, 3.63) is 63.6 Å². The van der Waals surface area contributed by atoms with Crippen LogP contribution in [0.3, 0.4) is 0 Å². The fourth-order valence-electron chi connectivity index (χ4n) is 4.98. The first-order chi connectivity index (χ1) is 15.4. The van der Waals surface area contributed by atoms with Gasteiger partial charge in [-0.2, -0.15) is 0 Å². The molecule has 2 N–H and O–H groups in total. The van der Waals surface area contributed by atoms with Crippen molar-refractivity contribution in [1.82, 2.24) is 14.8 Å². The Morgan fingerprint density at radius 1 is 1.03 bits per heavy atom. The molecular formula is C25H32N4O3. The lowest BCUT2D eigenvalue weighted by atomic mass is 9.83. The number of hydrogen-bond acceptors (Lipinski definition) is 4. The lowest BCUT2D eigenvalue weighted by Crippen LogP contribution is -2.51. The summed E-state index contributed by atoms with van der Waals surface area (Å²) in [6.07, 6.45) is 6.13. The molecule has 170 valence electrons. The molecule has 0 unspecified atom stereocenters. The van der Waals surface area contributed by atoms with Gasteiger partial charge in [-0.3, -0.25) is 14.4 Å². The lowest BCUT2D eigenvalue weighted by Gasteiger charge is -2.44. The third-order valence-electron chi connectivity index (χ3n) is 6.94. The number of fused-ring (bicyclic) bond motifs is 1. The molecule has 32 heavy (non-hydrogen) atoms. The van der Waals surface area contributed by atoms with E-state index in [0.29, 0.717) is 29.8 Å². The van der Waals surface area contributed by atoms with Gasteiger partial charge in [-0.25, -0.2) is 0 Å². The number of rotatable bonds is 5. The first kappa shape index (κ1) is 22.3. The van der Waals surface area contributed by atoms with Crippen molar-refractivity contribution in [2.24, 2.45) is 13.0 Å². The Morgan fingerprint density at radius 2 is 1.84 bits per heavy atom. The monoisotopic (exact) mass is 436 g/mol. The van der Waals surface area contributed by atoms with Gasteiger partial charge in [-0.15, -0.1) is 0 Å². The highest BCUT2D eigenvalue weighted by molar-refractivity contribution is 6.04. The van der Waals surface area contributed by atoms with Crippen LogP contribution in [0.1, 0.15) is 58.5 Å². The molecule has 0 radical (unpaired) electrons. The smallest absolute Gasteiger partial charge is 0.263 e. The molecule has 0 saturated carbocycles. The molecule has 2 saturated heterocycles. The zero-order chi connectivity index (χ0) is 22.7. The van der Waals surface area contributed by atoms with E-state index in [2.05, 4.69) is 15.5 Å². The number of carbonyl (C=O) groups is 2. The standard InChI is InChI=1S/C25H32N4O3/c1-17-11-12-21(25(32)28(17)2)24(31)27-20-9-5-7-18(15-20)23(30)26-16-19-8-6-14-29-13-4-3-10-22(19)29/h5,7,9,11-12,15,19,22H,3-4,6,8,10,13-14,16H2,1-2H3,(H,26,30)(H,27,31)/t19-,22+/m0/s1. The molecule has 2 atom stereocenters. The molecule has 0 bridgehead atoms. The van der Waals surface area contributed by atoms with E-state index < -0.39 is 5.91 Å². The zero-order valence-corrected chi connectivity index (χ0v) is 18.9. The lowest BCUT2D eigenvalue weighted by molar-refractivity contribution is 0.0575. The van der Waals surface area contributed by atoms with Gasteiger partial charge in [-0.1, -0.05) is 12.5 Å². The number of aromatic nitrogens is 1. The summed E-state index contributed by atoms with van der Waals surface area (Å²) in [7, 11) is 1.64. The second kappa shape index (κ2) is 9.69. The molecule has 3 heterocycles. The van der Waals surface area contributed by atoms with E-state index in [-0.39, 0.29) is 17.0 Å². The number of nitrogens with one attached hydrogen (secondary N) is 2. The van der Waals surface area contributed by atoms with Gasteiger partial charge in [0.1, 0.15) is 5.56 Å². The first-order valence-corrected chi connectivity index (χ1v) is 11.5. The van der Waals surface area contributed by atoms with Crippen molar-refractivity contribution in [1.29, 1.82) is 0 Å². The minimum absolute atomic E-state index is 0.0716. The summed E-state index contributed by atoms with van der Waals surface area (Å²) < 4.78 is 1.44. The molecule has 0 aliphatic carbocycles. The number of benzene rings is 1. The van der Waals surface area contributed by atoms with Gasteiger partial charge < -0.3 is 20.1 Å². The van der Waals surface area contributed by atoms with Gasteiger partial charge >= 0.3 is 0 Å². The van der Waals surface area contributed by atoms with Crippen LogP contribution in [0, 0.1) is 12.8 Å². The van der Waals surface area contributed by atoms with E-state index in [0.717, 1.165) is 12.1 Å². The Kier molecular flexibility index (Phi) is 6.74. The number of pyridine rings is 1. The van der Waals surface area contributed by atoms with Crippen LogP contribution >= 0.6 is 0 Å². The molecule has 2 fully saturated rings. The second-order valence-corrected chi connectivity index (χ2v) is 9.00. The summed E-state index contributed by atoms with van der Waals surface area (Å²) in [5.41, 5.74) is 1.49. The Balaban J connectivity index is 1.39. The molecular weight excluding hydrogens is 404 g/mol. The van der Waals surface area contributed by atoms with Crippen molar-refractivity contribution in [2.45, 2.75) is 45.1 Å². The number of aryl methyl sites for hydroxylation is 1. The molecule has 7 heteroatoms. The van der Waals surface area contributed by atoms with Crippen LogP contribution in [0.5, 0.6) is 0 Å². The molecule has 2 aliphatic rings. The maximum Gasteiger partial charge on any atom is 0.263 e. The third kappa shape index (κ3) is 4.78.